The molecule has 1 aromatic heterocycles. The van der Waals surface area contributed by atoms with Crippen molar-refractivity contribution in [3.8, 4) is 0 Å². The van der Waals surface area contributed by atoms with E-state index in [2.05, 4.69) is 10.6 Å². The third-order valence-corrected chi connectivity index (χ3v) is 3.81. The fourth-order valence-electron chi connectivity index (χ4n) is 1.88. The molecule has 0 saturated carbocycles. The van der Waals surface area contributed by atoms with E-state index in [1.807, 2.05) is 12.3 Å². The van der Waals surface area contributed by atoms with Crippen LogP contribution in [0.25, 0.3) is 0 Å². The van der Waals surface area contributed by atoms with Gasteiger partial charge < -0.3 is 15.7 Å². The third kappa shape index (κ3) is 6.71. The van der Waals surface area contributed by atoms with Crippen molar-refractivity contribution in [3.63, 3.8) is 0 Å². The number of carbonyl (C=O) groups is 3. The molecule has 2 amide bonds. The van der Waals surface area contributed by atoms with E-state index in [1.54, 1.807) is 11.4 Å². The number of carboxylic acids is 1. The number of hydrogen-bond acceptors (Lipinski definition) is 4. The zero-order chi connectivity index (χ0) is 16.4. The van der Waals surface area contributed by atoms with Gasteiger partial charge in [0.1, 0.15) is 6.04 Å². The van der Waals surface area contributed by atoms with E-state index >= 15 is 0 Å². The molecule has 0 aliphatic rings. The molecule has 0 spiro atoms. The van der Waals surface area contributed by atoms with Crippen molar-refractivity contribution < 1.29 is 19.5 Å². The van der Waals surface area contributed by atoms with E-state index in [4.69, 9.17) is 5.11 Å². The fourth-order valence-corrected chi connectivity index (χ4v) is 2.51. The van der Waals surface area contributed by atoms with Crippen LogP contribution in [0.1, 0.15) is 49.4 Å². The first-order valence-corrected chi connectivity index (χ1v) is 8.31. The zero-order valence-corrected chi connectivity index (χ0v) is 13.4. The van der Waals surface area contributed by atoms with Crippen LogP contribution in [-0.4, -0.2) is 35.5 Å². The Balaban J connectivity index is 2.22. The van der Waals surface area contributed by atoms with Crippen molar-refractivity contribution in [2.75, 3.05) is 6.54 Å². The van der Waals surface area contributed by atoms with Crippen LogP contribution in [0.2, 0.25) is 0 Å². The van der Waals surface area contributed by atoms with Gasteiger partial charge in [0, 0.05) is 23.9 Å². The summed E-state index contributed by atoms with van der Waals surface area (Å²) in [6.07, 6.45) is 2.75. The van der Waals surface area contributed by atoms with Crippen molar-refractivity contribution in [2.24, 2.45) is 0 Å². The lowest BCUT2D eigenvalue weighted by Crippen LogP contribution is -2.40. The van der Waals surface area contributed by atoms with Gasteiger partial charge in [0.15, 0.2) is 0 Å². The molecule has 1 unspecified atom stereocenters. The Hall–Kier alpha value is -1.89. The van der Waals surface area contributed by atoms with Gasteiger partial charge in [-0.1, -0.05) is 19.8 Å². The highest BCUT2D eigenvalue weighted by Crippen LogP contribution is 2.05. The monoisotopic (exact) mass is 326 g/mol. The van der Waals surface area contributed by atoms with Gasteiger partial charge >= 0.3 is 5.97 Å². The molecule has 122 valence electrons. The first kappa shape index (κ1) is 18.2. The third-order valence-electron chi connectivity index (χ3n) is 3.13. The topological polar surface area (TPSA) is 95.5 Å². The summed E-state index contributed by atoms with van der Waals surface area (Å²) >= 11 is 1.45. The van der Waals surface area contributed by atoms with Gasteiger partial charge in [-0.05, 0) is 24.3 Å². The molecular weight excluding hydrogens is 304 g/mol. The predicted octanol–water partition coefficient (Wildman–Crippen LogP) is 2.02. The highest BCUT2D eigenvalue weighted by Gasteiger charge is 2.18. The lowest BCUT2D eigenvalue weighted by atomic mass is 10.1. The molecule has 1 atom stereocenters. The molecule has 7 heteroatoms. The average Bonchev–Trinajstić information content (AvgIpc) is 3.01. The van der Waals surface area contributed by atoms with Crippen LogP contribution in [0.15, 0.2) is 16.8 Å². The Labute approximate surface area is 133 Å². The highest BCUT2D eigenvalue weighted by molar-refractivity contribution is 7.08. The number of carbonyl (C=O) groups excluding carboxylic acids is 2. The molecule has 22 heavy (non-hydrogen) atoms. The number of amides is 2. The minimum Gasteiger partial charge on any atom is -0.480 e. The summed E-state index contributed by atoms with van der Waals surface area (Å²) < 4.78 is 0. The van der Waals surface area contributed by atoms with Gasteiger partial charge in [-0.3, -0.25) is 9.59 Å². The number of aliphatic carboxylic acids is 1. The van der Waals surface area contributed by atoms with Crippen molar-refractivity contribution >= 4 is 29.1 Å². The van der Waals surface area contributed by atoms with Gasteiger partial charge in [-0.15, -0.1) is 0 Å². The quantitative estimate of drug-likeness (QED) is 0.573. The highest BCUT2D eigenvalue weighted by atomic mass is 32.1. The summed E-state index contributed by atoms with van der Waals surface area (Å²) in [5, 5.41) is 17.8. The molecule has 0 aromatic carbocycles. The zero-order valence-electron chi connectivity index (χ0n) is 12.6. The maximum atomic E-state index is 11.7. The number of unbranched alkanes of at least 4 members (excludes halogenated alkanes) is 1. The summed E-state index contributed by atoms with van der Waals surface area (Å²) in [5.41, 5.74) is 0.611. The summed E-state index contributed by atoms with van der Waals surface area (Å²) in [4.78, 5) is 34.4. The van der Waals surface area contributed by atoms with Crippen LogP contribution in [0.3, 0.4) is 0 Å². The largest absolute Gasteiger partial charge is 0.480 e. The smallest absolute Gasteiger partial charge is 0.326 e. The van der Waals surface area contributed by atoms with E-state index < -0.39 is 12.0 Å². The van der Waals surface area contributed by atoms with E-state index in [0.717, 1.165) is 12.8 Å². The van der Waals surface area contributed by atoms with Gasteiger partial charge in [-0.25, -0.2) is 4.79 Å². The summed E-state index contributed by atoms with van der Waals surface area (Å²) in [7, 11) is 0. The fraction of sp³-hybridized carbons (Fsp3) is 0.533. The van der Waals surface area contributed by atoms with Gasteiger partial charge in [-0.2, -0.15) is 11.3 Å². The average molecular weight is 326 g/mol. The number of rotatable bonds is 10. The first-order chi connectivity index (χ1) is 10.5. The Morgan fingerprint density at radius 1 is 1.32 bits per heavy atom. The molecule has 0 aliphatic heterocycles. The molecule has 0 bridgehead atoms. The number of nitrogens with one attached hydrogen (secondary N) is 2. The molecular formula is C15H22N2O4S. The Morgan fingerprint density at radius 2 is 2.09 bits per heavy atom. The van der Waals surface area contributed by atoms with Gasteiger partial charge in [0.05, 0.1) is 0 Å². The van der Waals surface area contributed by atoms with E-state index in [9.17, 15) is 14.4 Å². The molecule has 0 aliphatic carbocycles. The number of thiophene rings is 1. The summed E-state index contributed by atoms with van der Waals surface area (Å²) in [6, 6.07) is 0.908. The van der Waals surface area contributed by atoms with Crippen molar-refractivity contribution in [2.45, 2.75) is 45.1 Å². The standard InChI is InChI=1S/C15H22N2O4S/c1-2-3-5-12(15(20)21)17-13(18)6-4-8-16-14(19)11-7-9-22-10-11/h7,9-10,12H,2-6,8H2,1H3,(H,16,19)(H,17,18)(H,20,21). The molecule has 0 fully saturated rings. The van der Waals surface area contributed by atoms with Crippen molar-refractivity contribution in [1.29, 1.82) is 0 Å². The second-order valence-corrected chi connectivity index (χ2v) is 5.75. The van der Waals surface area contributed by atoms with Crippen LogP contribution in [-0.2, 0) is 9.59 Å². The van der Waals surface area contributed by atoms with Crippen molar-refractivity contribution in [1.82, 2.24) is 10.6 Å². The Kier molecular flexibility index (Phi) is 8.21. The maximum absolute atomic E-state index is 11.7. The van der Waals surface area contributed by atoms with E-state index in [0.29, 0.717) is 24.9 Å². The predicted molar refractivity (Wildman–Crippen MR) is 85.0 cm³/mol. The number of carboxylic acid groups (broad SMARTS) is 1. The molecule has 1 aromatic rings. The Morgan fingerprint density at radius 3 is 2.68 bits per heavy atom. The maximum Gasteiger partial charge on any atom is 0.326 e. The van der Waals surface area contributed by atoms with Gasteiger partial charge in [0.25, 0.3) is 5.91 Å². The Bertz CT molecular complexity index is 488. The molecule has 1 heterocycles. The lowest BCUT2D eigenvalue weighted by Gasteiger charge is -2.14. The molecule has 0 radical (unpaired) electrons. The second kappa shape index (κ2) is 9.94. The van der Waals surface area contributed by atoms with Crippen LogP contribution in [0, 0.1) is 0 Å². The minimum absolute atomic E-state index is 0.159. The van der Waals surface area contributed by atoms with Crippen LogP contribution in [0.5, 0.6) is 0 Å². The summed E-state index contributed by atoms with van der Waals surface area (Å²) in [6.45, 7) is 2.35. The molecule has 0 saturated heterocycles. The molecule has 6 nitrogen and oxygen atoms in total. The van der Waals surface area contributed by atoms with Crippen LogP contribution in [0.4, 0.5) is 0 Å². The SMILES string of the molecule is CCCCC(NC(=O)CCCNC(=O)c1ccsc1)C(=O)O. The van der Waals surface area contributed by atoms with Crippen LogP contribution < -0.4 is 10.6 Å². The minimum atomic E-state index is -1.01. The molecule has 1 rings (SSSR count). The van der Waals surface area contributed by atoms with Crippen LogP contribution >= 0.6 is 11.3 Å². The van der Waals surface area contributed by atoms with E-state index in [1.165, 1.54) is 11.3 Å². The number of hydrogen-bond donors (Lipinski definition) is 3. The van der Waals surface area contributed by atoms with E-state index in [-0.39, 0.29) is 18.2 Å². The van der Waals surface area contributed by atoms with Crippen molar-refractivity contribution in [3.05, 3.63) is 22.4 Å². The summed E-state index contributed by atoms with van der Waals surface area (Å²) in [5.74, 6) is -1.46. The first-order valence-electron chi connectivity index (χ1n) is 7.37. The van der Waals surface area contributed by atoms with Gasteiger partial charge in [0.2, 0.25) is 5.91 Å². The second-order valence-electron chi connectivity index (χ2n) is 4.97. The normalized spacial score (nSPS) is 11.7. The molecule has 3 N–H and O–H groups in total. The lowest BCUT2D eigenvalue weighted by molar-refractivity contribution is -0.142.